The first kappa shape index (κ1) is 11.9. The lowest BCUT2D eigenvalue weighted by Gasteiger charge is -2.24. The number of hydrogen-bond donors (Lipinski definition) is 0. The summed E-state index contributed by atoms with van der Waals surface area (Å²) in [6.07, 6.45) is 6.50. The van der Waals surface area contributed by atoms with Crippen LogP contribution in [0, 0.1) is 11.8 Å². The molecule has 2 rings (SSSR count). The van der Waals surface area contributed by atoms with E-state index in [1.54, 1.807) is 12.1 Å². The zero-order chi connectivity index (χ0) is 12.1. The Hall–Kier alpha value is -1.57. The minimum absolute atomic E-state index is 0.215. The Morgan fingerprint density at radius 2 is 1.94 bits per heavy atom. The van der Waals surface area contributed by atoms with Crippen LogP contribution >= 0.6 is 0 Å². The number of allylic oxidation sites excluding steroid dienone is 2. The summed E-state index contributed by atoms with van der Waals surface area (Å²) < 4.78 is 5.37. The molecule has 2 atom stereocenters. The highest BCUT2D eigenvalue weighted by molar-refractivity contribution is 5.89. The largest absolute Gasteiger partial charge is 0.462 e. The highest BCUT2D eigenvalue weighted by atomic mass is 16.5. The minimum Gasteiger partial charge on any atom is -0.462 e. The van der Waals surface area contributed by atoms with Crippen molar-refractivity contribution < 1.29 is 9.53 Å². The summed E-state index contributed by atoms with van der Waals surface area (Å²) >= 11 is 0. The van der Waals surface area contributed by atoms with Gasteiger partial charge in [-0.15, -0.1) is 0 Å². The molecule has 2 nitrogen and oxygen atoms in total. The Bertz CT molecular complexity index is 395. The van der Waals surface area contributed by atoms with E-state index in [0.717, 1.165) is 12.8 Å². The van der Waals surface area contributed by atoms with Crippen LogP contribution in [0.4, 0.5) is 0 Å². The van der Waals surface area contributed by atoms with Gasteiger partial charge in [0.15, 0.2) is 0 Å². The first-order chi connectivity index (χ1) is 8.27. The minimum atomic E-state index is -0.215. The van der Waals surface area contributed by atoms with Crippen molar-refractivity contribution >= 4 is 5.97 Å². The van der Waals surface area contributed by atoms with Gasteiger partial charge in [-0.25, -0.2) is 4.79 Å². The summed E-state index contributed by atoms with van der Waals surface area (Å²) in [6, 6.07) is 9.16. The summed E-state index contributed by atoms with van der Waals surface area (Å²) in [5.41, 5.74) is 0.631. The van der Waals surface area contributed by atoms with Crippen LogP contribution < -0.4 is 0 Å². The molecule has 1 aromatic carbocycles. The van der Waals surface area contributed by atoms with Crippen LogP contribution in [0.1, 0.15) is 30.1 Å². The fraction of sp³-hybridized carbons (Fsp3) is 0.400. The summed E-state index contributed by atoms with van der Waals surface area (Å²) in [5, 5.41) is 0. The van der Waals surface area contributed by atoms with Gasteiger partial charge in [0.05, 0.1) is 12.2 Å². The van der Waals surface area contributed by atoms with Gasteiger partial charge < -0.3 is 4.74 Å². The molecule has 0 N–H and O–H groups in total. The number of hydrogen-bond acceptors (Lipinski definition) is 2. The lowest BCUT2D eigenvalue weighted by atomic mass is 9.85. The van der Waals surface area contributed by atoms with E-state index in [4.69, 9.17) is 4.74 Å². The topological polar surface area (TPSA) is 26.3 Å². The molecule has 0 heterocycles. The normalized spacial score (nSPS) is 23.4. The molecule has 17 heavy (non-hydrogen) atoms. The van der Waals surface area contributed by atoms with E-state index in [2.05, 4.69) is 19.1 Å². The number of rotatable bonds is 3. The number of carbonyl (C=O) groups excluding carboxylic acids is 1. The second kappa shape index (κ2) is 5.67. The smallest absolute Gasteiger partial charge is 0.338 e. The number of ether oxygens (including phenoxy) is 1. The third-order valence-corrected chi connectivity index (χ3v) is 3.36. The quantitative estimate of drug-likeness (QED) is 0.587. The molecule has 90 valence electrons. The SMILES string of the molecule is CC1CC=CCC1COC(=O)c1ccccc1. The van der Waals surface area contributed by atoms with Gasteiger partial charge in [0, 0.05) is 0 Å². The van der Waals surface area contributed by atoms with Crippen LogP contribution in [0.5, 0.6) is 0 Å². The van der Waals surface area contributed by atoms with Gasteiger partial charge in [-0.1, -0.05) is 37.3 Å². The van der Waals surface area contributed by atoms with Crippen molar-refractivity contribution in [3.63, 3.8) is 0 Å². The Morgan fingerprint density at radius 3 is 2.65 bits per heavy atom. The molecule has 0 bridgehead atoms. The average molecular weight is 230 g/mol. The van der Waals surface area contributed by atoms with Crippen molar-refractivity contribution in [1.29, 1.82) is 0 Å². The van der Waals surface area contributed by atoms with E-state index in [9.17, 15) is 4.79 Å². The van der Waals surface area contributed by atoms with Crippen LogP contribution in [0.2, 0.25) is 0 Å². The Morgan fingerprint density at radius 1 is 1.24 bits per heavy atom. The van der Waals surface area contributed by atoms with Gasteiger partial charge in [-0.3, -0.25) is 0 Å². The summed E-state index contributed by atoms with van der Waals surface area (Å²) in [5.74, 6) is 0.851. The Balaban J connectivity index is 1.86. The van der Waals surface area contributed by atoms with Crippen molar-refractivity contribution in [3.8, 4) is 0 Å². The van der Waals surface area contributed by atoms with Crippen molar-refractivity contribution in [2.24, 2.45) is 11.8 Å². The van der Waals surface area contributed by atoms with Crippen LogP contribution in [0.25, 0.3) is 0 Å². The number of esters is 1. The van der Waals surface area contributed by atoms with Crippen LogP contribution in [-0.2, 0) is 4.74 Å². The van der Waals surface area contributed by atoms with Crippen LogP contribution in [-0.4, -0.2) is 12.6 Å². The molecule has 1 aliphatic rings. The van der Waals surface area contributed by atoms with E-state index >= 15 is 0 Å². The number of carbonyl (C=O) groups is 1. The molecular weight excluding hydrogens is 212 g/mol. The second-order valence-electron chi connectivity index (χ2n) is 4.64. The molecule has 0 saturated heterocycles. The van der Waals surface area contributed by atoms with Crippen LogP contribution in [0.15, 0.2) is 42.5 Å². The second-order valence-corrected chi connectivity index (χ2v) is 4.64. The van der Waals surface area contributed by atoms with E-state index in [1.165, 1.54) is 0 Å². The maximum absolute atomic E-state index is 11.8. The molecule has 0 saturated carbocycles. The maximum Gasteiger partial charge on any atom is 0.338 e. The first-order valence-corrected chi connectivity index (χ1v) is 6.14. The van der Waals surface area contributed by atoms with Gasteiger partial charge in [-0.05, 0) is 36.8 Å². The van der Waals surface area contributed by atoms with Gasteiger partial charge in [0.25, 0.3) is 0 Å². The van der Waals surface area contributed by atoms with Gasteiger partial charge in [0.1, 0.15) is 0 Å². The summed E-state index contributed by atoms with van der Waals surface area (Å²) in [7, 11) is 0. The van der Waals surface area contributed by atoms with Crippen LogP contribution in [0.3, 0.4) is 0 Å². The van der Waals surface area contributed by atoms with Gasteiger partial charge in [-0.2, -0.15) is 0 Å². The lowest BCUT2D eigenvalue weighted by Crippen LogP contribution is -2.21. The van der Waals surface area contributed by atoms with E-state index < -0.39 is 0 Å². The molecule has 0 spiro atoms. The summed E-state index contributed by atoms with van der Waals surface area (Å²) in [6.45, 7) is 2.74. The standard InChI is InChI=1S/C15H18O2/c1-12-7-5-6-10-14(12)11-17-15(16)13-8-3-2-4-9-13/h2-6,8-9,12,14H,7,10-11H2,1H3. The average Bonchev–Trinajstić information content (AvgIpc) is 2.38. The van der Waals surface area contributed by atoms with E-state index in [1.807, 2.05) is 18.2 Å². The van der Waals surface area contributed by atoms with Crippen molar-refractivity contribution in [2.75, 3.05) is 6.61 Å². The molecule has 2 heteroatoms. The molecule has 0 aliphatic heterocycles. The Kier molecular flexibility index (Phi) is 3.97. The highest BCUT2D eigenvalue weighted by Crippen LogP contribution is 2.25. The third kappa shape index (κ3) is 3.19. The monoisotopic (exact) mass is 230 g/mol. The number of benzene rings is 1. The molecule has 1 aliphatic carbocycles. The Labute approximate surface area is 102 Å². The molecule has 0 aromatic heterocycles. The predicted octanol–water partition coefficient (Wildman–Crippen LogP) is 3.45. The lowest BCUT2D eigenvalue weighted by molar-refractivity contribution is 0.0395. The third-order valence-electron chi connectivity index (χ3n) is 3.36. The van der Waals surface area contributed by atoms with Crippen molar-refractivity contribution in [1.82, 2.24) is 0 Å². The highest BCUT2D eigenvalue weighted by Gasteiger charge is 2.20. The van der Waals surface area contributed by atoms with Gasteiger partial charge >= 0.3 is 5.97 Å². The fourth-order valence-corrected chi connectivity index (χ4v) is 2.08. The fourth-order valence-electron chi connectivity index (χ4n) is 2.08. The maximum atomic E-state index is 11.8. The molecule has 1 aromatic rings. The molecule has 0 radical (unpaired) electrons. The van der Waals surface area contributed by atoms with E-state index in [-0.39, 0.29) is 5.97 Å². The van der Waals surface area contributed by atoms with Crippen molar-refractivity contribution in [3.05, 3.63) is 48.0 Å². The first-order valence-electron chi connectivity index (χ1n) is 6.14. The van der Waals surface area contributed by atoms with E-state index in [0.29, 0.717) is 24.0 Å². The molecular formula is C15H18O2. The molecule has 0 amide bonds. The molecule has 0 fully saturated rings. The zero-order valence-corrected chi connectivity index (χ0v) is 10.1. The van der Waals surface area contributed by atoms with Gasteiger partial charge in [0.2, 0.25) is 0 Å². The predicted molar refractivity (Wildman–Crippen MR) is 67.8 cm³/mol. The zero-order valence-electron chi connectivity index (χ0n) is 10.1. The van der Waals surface area contributed by atoms with Crippen molar-refractivity contribution in [2.45, 2.75) is 19.8 Å². The molecule has 2 unspecified atom stereocenters. The summed E-state index contributed by atoms with van der Waals surface area (Å²) in [4.78, 5) is 11.8.